The van der Waals surface area contributed by atoms with Crippen LogP contribution < -0.4 is 10.1 Å². The van der Waals surface area contributed by atoms with Gasteiger partial charge >= 0.3 is 6.18 Å². The van der Waals surface area contributed by atoms with Gasteiger partial charge in [-0.15, -0.1) is 0 Å². The molecule has 0 spiro atoms. The van der Waals surface area contributed by atoms with Crippen LogP contribution in [0.5, 0.6) is 5.75 Å². The van der Waals surface area contributed by atoms with Crippen LogP contribution in [-0.4, -0.2) is 23.8 Å². The number of hydrogen-bond donors (Lipinski definition) is 1. The van der Waals surface area contributed by atoms with Gasteiger partial charge in [0.05, 0.1) is 10.7 Å². The van der Waals surface area contributed by atoms with Crippen molar-refractivity contribution >= 4 is 23.8 Å². The van der Waals surface area contributed by atoms with Crippen LogP contribution in [-0.2, 0) is 16.1 Å². The van der Waals surface area contributed by atoms with Crippen molar-refractivity contribution in [2.24, 2.45) is 0 Å². The molecule has 1 unspecified atom stereocenters. The van der Waals surface area contributed by atoms with E-state index >= 15 is 0 Å². The molecule has 0 aliphatic carbocycles. The summed E-state index contributed by atoms with van der Waals surface area (Å²) in [4.78, 5) is 10.3. The fourth-order valence-electron chi connectivity index (χ4n) is 2.03. The predicted molar refractivity (Wildman–Crippen MR) is 86.6 cm³/mol. The Morgan fingerprint density at radius 2 is 2.12 bits per heavy atom. The van der Waals surface area contributed by atoms with Gasteiger partial charge in [-0.2, -0.15) is 13.2 Å². The molecule has 0 saturated heterocycles. The molecule has 9 heteroatoms. The number of ether oxygens (including phenoxy) is 2. The summed E-state index contributed by atoms with van der Waals surface area (Å²) in [6.45, 7) is 1.03. The number of alkyl halides is 3. The number of anilines is 1. The van der Waals surface area contributed by atoms with Crippen molar-refractivity contribution in [1.29, 1.82) is 0 Å². The molecule has 1 heterocycles. The minimum Gasteiger partial charge on any atom is -0.483 e. The molecule has 1 N–H and O–H groups in total. The van der Waals surface area contributed by atoms with Gasteiger partial charge < -0.3 is 19.4 Å². The molecule has 0 aliphatic heterocycles. The highest BCUT2D eigenvalue weighted by Gasteiger charge is 2.28. The summed E-state index contributed by atoms with van der Waals surface area (Å²) in [6.07, 6.45) is -1.40. The van der Waals surface area contributed by atoms with E-state index in [1.807, 2.05) is 0 Å². The summed E-state index contributed by atoms with van der Waals surface area (Å²) in [5, 5.41) is 3.22. The summed E-state index contributed by atoms with van der Waals surface area (Å²) >= 11 is 5.85. The number of aromatic nitrogens is 1. The van der Waals surface area contributed by atoms with Crippen molar-refractivity contribution < 1.29 is 27.4 Å². The van der Waals surface area contributed by atoms with Crippen molar-refractivity contribution in [2.75, 3.05) is 11.9 Å². The Bertz CT molecular complexity index is 719. The van der Waals surface area contributed by atoms with Crippen LogP contribution in [0.25, 0.3) is 0 Å². The Labute approximate surface area is 147 Å². The number of carbonyl (C=O) groups excluding carboxylic acids is 1. The first-order chi connectivity index (χ1) is 11.8. The fraction of sp³-hybridized carbons (Fsp3) is 0.312. The van der Waals surface area contributed by atoms with Crippen LogP contribution in [0.2, 0.25) is 5.02 Å². The summed E-state index contributed by atoms with van der Waals surface area (Å²) in [7, 11) is 0. The van der Waals surface area contributed by atoms with Crippen molar-refractivity contribution in [1.82, 2.24) is 4.57 Å². The van der Waals surface area contributed by atoms with Gasteiger partial charge in [-0.1, -0.05) is 17.7 Å². The SMILES string of the molecule is CC(OC=O)n1ccc(NCc2ccc(Cl)c(OCC(F)(F)F)c2)c1. The number of nitrogens with one attached hydrogen (secondary N) is 1. The van der Waals surface area contributed by atoms with Crippen LogP contribution in [0.1, 0.15) is 18.7 Å². The standard InChI is InChI=1S/C16H16ClF3N2O3/c1-11(25-10-23)22-5-4-13(8-22)21-7-12-2-3-14(17)15(6-12)24-9-16(18,19)20/h2-6,8,10-11,21H,7,9H2,1H3. The van der Waals surface area contributed by atoms with Crippen LogP contribution in [0, 0.1) is 0 Å². The summed E-state index contributed by atoms with van der Waals surface area (Å²) < 4.78 is 48.0. The Morgan fingerprint density at radius 3 is 2.80 bits per heavy atom. The van der Waals surface area contributed by atoms with Gasteiger partial charge in [0.2, 0.25) is 0 Å². The molecule has 5 nitrogen and oxygen atoms in total. The van der Waals surface area contributed by atoms with Crippen molar-refractivity contribution in [3.8, 4) is 5.75 Å². The molecule has 0 fully saturated rings. The van der Waals surface area contributed by atoms with Gasteiger partial charge in [0.1, 0.15) is 5.75 Å². The molecule has 136 valence electrons. The topological polar surface area (TPSA) is 52.5 Å². The Morgan fingerprint density at radius 1 is 1.36 bits per heavy atom. The minimum absolute atomic E-state index is 0.0242. The maximum Gasteiger partial charge on any atom is 0.422 e. The average Bonchev–Trinajstić information content (AvgIpc) is 3.01. The molecule has 1 aromatic carbocycles. The summed E-state index contributed by atoms with van der Waals surface area (Å²) in [6, 6.07) is 6.40. The minimum atomic E-state index is -4.43. The smallest absolute Gasteiger partial charge is 0.422 e. The van der Waals surface area contributed by atoms with Crippen LogP contribution in [0.4, 0.5) is 18.9 Å². The van der Waals surface area contributed by atoms with E-state index in [4.69, 9.17) is 21.1 Å². The highest BCUT2D eigenvalue weighted by atomic mass is 35.5. The van der Waals surface area contributed by atoms with Gasteiger partial charge in [0.25, 0.3) is 6.47 Å². The molecule has 2 aromatic rings. The summed E-state index contributed by atoms with van der Waals surface area (Å²) in [5.74, 6) is -0.0242. The molecule has 0 bridgehead atoms. The Balaban J connectivity index is 1.97. The van der Waals surface area contributed by atoms with E-state index in [2.05, 4.69) is 5.32 Å². The lowest BCUT2D eigenvalue weighted by atomic mass is 10.2. The molecule has 0 radical (unpaired) electrons. The molecule has 1 atom stereocenters. The number of nitrogens with zero attached hydrogens (tertiary/aromatic N) is 1. The number of halogens is 4. The number of benzene rings is 1. The third-order valence-corrected chi connectivity index (χ3v) is 3.58. The summed E-state index contributed by atoms with van der Waals surface area (Å²) in [5.41, 5.74) is 1.46. The van der Waals surface area contributed by atoms with E-state index in [0.717, 1.165) is 5.69 Å². The van der Waals surface area contributed by atoms with E-state index in [0.29, 0.717) is 18.6 Å². The Hall–Kier alpha value is -2.35. The van der Waals surface area contributed by atoms with Gasteiger partial charge in [-0.3, -0.25) is 4.79 Å². The quantitative estimate of drug-likeness (QED) is 0.694. The Kier molecular flexibility index (Phi) is 6.19. The largest absolute Gasteiger partial charge is 0.483 e. The van der Waals surface area contributed by atoms with Crippen molar-refractivity contribution in [3.05, 3.63) is 47.2 Å². The second-order valence-electron chi connectivity index (χ2n) is 5.20. The number of carbonyl (C=O) groups is 1. The van der Waals surface area contributed by atoms with Gasteiger partial charge in [0.15, 0.2) is 12.8 Å². The zero-order valence-electron chi connectivity index (χ0n) is 13.2. The normalized spacial score (nSPS) is 12.5. The molecule has 1 aromatic heterocycles. The van der Waals surface area contributed by atoms with E-state index in [9.17, 15) is 18.0 Å². The highest BCUT2D eigenvalue weighted by molar-refractivity contribution is 6.32. The maximum absolute atomic E-state index is 12.3. The molecular weight excluding hydrogens is 361 g/mol. The second kappa shape index (κ2) is 8.15. The zero-order valence-corrected chi connectivity index (χ0v) is 14.0. The monoisotopic (exact) mass is 376 g/mol. The van der Waals surface area contributed by atoms with E-state index in [1.165, 1.54) is 12.1 Å². The van der Waals surface area contributed by atoms with E-state index < -0.39 is 19.0 Å². The van der Waals surface area contributed by atoms with Crippen LogP contribution in [0.3, 0.4) is 0 Å². The lowest BCUT2D eigenvalue weighted by molar-refractivity contribution is -0.153. The van der Waals surface area contributed by atoms with E-state index in [-0.39, 0.29) is 10.8 Å². The first kappa shape index (κ1) is 19.0. The highest BCUT2D eigenvalue weighted by Crippen LogP contribution is 2.28. The molecular formula is C16H16ClF3N2O3. The van der Waals surface area contributed by atoms with Crippen LogP contribution in [0.15, 0.2) is 36.7 Å². The molecule has 2 rings (SSSR count). The fourth-order valence-corrected chi connectivity index (χ4v) is 2.20. The van der Waals surface area contributed by atoms with Gasteiger partial charge in [0, 0.05) is 18.9 Å². The molecule has 25 heavy (non-hydrogen) atoms. The molecule has 0 amide bonds. The molecule has 0 saturated carbocycles. The lowest BCUT2D eigenvalue weighted by Crippen LogP contribution is -2.19. The average molecular weight is 377 g/mol. The third-order valence-electron chi connectivity index (χ3n) is 3.27. The molecule has 0 aliphatic rings. The lowest BCUT2D eigenvalue weighted by Gasteiger charge is -2.12. The first-order valence-electron chi connectivity index (χ1n) is 7.27. The van der Waals surface area contributed by atoms with Crippen molar-refractivity contribution in [2.45, 2.75) is 25.9 Å². The van der Waals surface area contributed by atoms with E-state index in [1.54, 1.807) is 36.0 Å². The van der Waals surface area contributed by atoms with Gasteiger partial charge in [-0.25, -0.2) is 0 Å². The van der Waals surface area contributed by atoms with Crippen LogP contribution >= 0.6 is 11.6 Å². The predicted octanol–water partition coefficient (Wildman–Crippen LogP) is 4.39. The number of rotatable bonds is 8. The second-order valence-corrected chi connectivity index (χ2v) is 5.61. The third kappa shape index (κ3) is 5.90. The zero-order chi connectivity index (χ0) is 18.4. The first-order valence-corrected chi connectivity index (χ1v) is 7.65. The van der Waals surface area contributed by atoms with Gasteiger partial charge in [-0.05, 0) is 30.7 Å². The maximum atomic E-state index is 12.3. The number of hydrogen-bond acceptors (Lipinski definition) is 4. The van der Waals surface area contributed by atoms with Crippen molar-refractivity contribution in [3.63, 3.8) is 0 Å².